The highest BCUT2D eigenvalue weighted by Crippen LogP contribution is 2.28. The zero-order valence-electron chi connectivity index (χ0n) is 13.9. The van der Waals surface area contributed by atoms with Crippen molar-refractivity contribution in [1.82, 2.24) is 10.3 Å². The Bertz CT molecular complexity index is 843. The molecule has 0 unspecified atom stereocenters. The molecule has 2 heterocycles. The standard InChI is InChI=1S/C18H18N2O4S/c1-12-16(25-18(20-12)15-8-5-9-23-15)10-19-17(21)11-24-14-7-4-3-6-13(14)22-2/h3-9H,10-11H2,1-2H3,(H,19,21). The van der Waals surface area contributed by atoms with E-state index < -0.39 is 0 Å². The highest BCUT2D eigenvalue weighted by molar-refractivity contribution is 7.15. The molecule has 0 aliphatic heterocycles. The van der Waals surface area contributed by atoms with E-state index in [4.69, 9.17) is 13.9 Å². The molecule has 1 N–H and O–H groups in total. The van der Waals surface area contributed by atoms with E-state index in [2.05, 4.69) is 10.3 Å². The second kappa shape index (κ2) is 7.85. The third-order valence-corrected chi connectivity index (χ3v) is 4.67. The van der Waals surface area contributed by atoms with Crippen LogP contribution in [0.1, 0.15) is 10.6 Å². The topological polar surface area (TPSA) is 73.6 Å². The Balaban J connectivity index is 1.54. The minimum atomic E-state index is -0.210. The highest BCUT2D eigenvalue weighted by Gasteiger charge is 2.13. The van der Waals surface area contributed by atoms with Crippen LogP contribution in [0.25, 0.3) is 10.8 Å². The number of rotatable bonds is 7. The molecular formula is C18H18N2O4S. The highest BCUT2D eigenvalue weighted by atomic mass is 32.1. The van der Waals surface area contributed by atoms with E-state index >= 15 is 0 Å². The minimum Gasteiger partial charge on any atom is -0.493 e. The molecule has 3 rings (SSSR count). The lowest BCUT2D eigenvalue weighted by molar-refractivity contribution is -0.123. The molecular weight excluding hydrogens is 340 g/mol. The Morgan fingerprint density at radius 3 is 2.76 bits per heavy atom. The van der Waals surface area contributed by atoms with Gasteiger partial charge in [0, 0.05) is 4.88 Å². The molecule has 0 atom stereocenters. The first-order valence-electron chi connectivity index (χ1n) is 7.70. The molecule has 0 saturated heterocycles. The summed E-state index contributed by atoms with van der Waals surface area (Å²) in [6, 6.07) is 10.9. The lowest BCUT2D eigenvalue weighted by Gasteiger charge is -2.10. The largest absolute Gasteiger partial charge is 0.493 e. The fraction of sp³-hybridized carbons (Fsp3) is 0.222. The average Bonchev–Trinajstić information content (AvgIpc) is 3.28. The summed E-state index contributed by atoms with van der Waals surface area (Å²) in [5.74, 6) is 1.65. The molecule has 0 fully saturated rings. The molecule has 1 aromatic carbocycles. The third-order valence-electron chi connectivity index (χ3n) is 3.50. The summed E-state index contributed by atoms with van der Waals surface area (Å²) in [7, 11) is 1.56. The number of aromatic nitrogens is 1. The number of hydrogen-bond donors (Lipinski definition) is 1. The summed E-state index contributed by atoms with van der Waals surface area (Å²) in [5.41, 5.74) is 0.877. The van der Waals surface area contributed by atoms with Crippen molar-refractivity contribution in [3.05, 3.63) is 53.2 Å². The Labute approximate surface area is 149 Å². The van der Waals surface area contributed by atoms with Gasteiger partial charge in [-0.2, -0.15) is 0 Å². The van der Waals surface area contributed by atoms with Gasteiger partial charge in [-0.05, 0) is 31.2 Å². The van der Waals surface area contributed by atoms with Crippen molar-refractivity contribution in [3.63, 3.8) is 0 Å². The van der Waals surface area contributed by atoms with Crippen molar-refractivity contribution in [3.8, 4) is 22.3 Å². The number of carbonyl (C=O) groups excluding carboxylic acids is 1. The van der Waals surface area contributed by atoms with Crippen LogP contribution >= 0.6 is 11.3 Å². The molecule has 1 amide bonds. The Kier molecular flexibility index (Phi) is 5.35. The van der Waals surface area contributed by atoms with Gasteiger partial charge in [0.1, 0.15) is 0 Å². The van der Waals surface area contributed by atoms with E-state index in [0.717, 1.165) is 21.3 Å². The van der Waals surface area contributed by atoms with Gasteiger partial charge in [-0.25, -0.2) is 4.98 Å². The first-order valence-corrected chi connectivity index (χ1v) is 8.51. The number of ether oxygens (including phenoxy) is 2. The van der Waals surface area contributed by atoms with Gasteiger partial charge in [0.25, 0.3) is 5.91 Å². The number of aryl methyl sites for hydroxylation is 1. The van der Waals surface area contributed by atoms with Crippen molar-refractivity contribution in [2.75, 3.05) is 13.7 Å². The smallest absolute Gasteiger partial charge is 0.258 e. The number of nitrogens with zero attached hydrogens (tertiary/aromatic N) is 1. The van der Waals surface area contributed by atoms with Gasteiger partial charge in [0.2, 0.25) is 0 Å². The fourth-order valence-corrected chi connectivity index (χ4v) is 3.18. The molecule has 130 valence electrons. The molecule has 0 aliphatic carbocycles. The first kappa shape index (κ1) is 17.0. The van der Waals surface area contributed by atoms with E-state index in [1.165, 1.54) is 11.3 Å². The molecule has 0 saturated carbocycles. The molecule has 6 nitrogen and oxygen atoms in total. The van der Waals surface area contributed by atoms with Crippen LogP contribution in [0.15, 0.2) is 47.1 Å². The van der Waals surface area contributed by atoms with E-state index in [9.17, 15) is 4.79 Å². The van der Waals surface area contributed by atoms with Gasteiger partial charge >= 0.3 is 0 Å². The van der Waals surface area contributed by atoms with Crippen LogP contribution in [0, 0.1) is 6.92 Å². The van der Waals surface area contributed by atoms with Gasteiger partial charge in [0.05, 0.1) is 25.6 Å². The van der Waals surface area contributed by atoms with Gasteiger partial charge in [-0.15, -0.1) is 11.3 Å². The molecule has 7 heteroatoms. The van der Waals surface area contributed by atoms with Gasteiger partial charge in [-0.3, -0.25) is 4.79 Å². The monoisotopic (exact) mass is 358 g/mol. The summed E-state index contributed by atoms with van der Waals surface area (Å²) in [5, 5.41) is 3.64. The number of thiazole rings is 1. The molecule has 0 aliphatic rings. The fourth-order valence-electron chi connectivity index (χ4n) is 2.21. The SMILES string of the molecule is COc1ccccc1OCC(=O)NCc1sc(-c2ccco2)nc1C. The number of furan rings is 1. The van der Waals surface area contributed by atoms with Gasteiger partial charge in [0.15, 0.2) is 28.9 Å². The summed E-state index contributed by atoms with van der Waals surface area (Å²) in [4.78, 5) is 17.5. The predicted octanol–water partition coefficient (Wildman–Crippen LogP) is 3.42. The maximum Gasteiger partial charge on any atom is 0.258 e. The molecule has 0 radical (unpaired) electrons. The van der Waals surface area contributed by atoms with Crippen LogP contribution < -0.4 is 14.8 Å². The maximum absolute atomic E-state index is 12.0. The van der Waals surface area contributed by atoms with Crippen LogP contribution in [-0.2, 0) is 11.3 Å². The quantitative estimate of drug-likeness (QED) is 0.701. The number of amides is 1. The van der Waals surface area contributed by atoms with Crippen molar-refractivity contribution in [2.24, 2.45) is 0 Å². The van der Waals surface area contributed by atoms with Gasteiger partial charge in [-0.1, -0.05) is 12.1 Å². The van der Waals surface area contributed by atoms with Crippen molar-refractivity contribution in [2.45, 2.75) is 13.5 Å². The molecule has 2 aromatic heterocycles. The normalized spacial score (nSPS) is 10.5. The predicted molar refractivity (Wildman–Crippen MR) is 94.9 cm³/mol. The van der Waals surface area contributed by atoms with E-state index in [0.29, 0.717) is 18.0 Å². The van der Waals surface area contributed by atoms with Gasteiger partial charge < -0.3 is 19.2 Å². The van der Waals surface area contributed by atoms with E-state index in [1.54, 1.807) is 25.5 Å². The third kappa shape index (κ3) is 4.19. The molecule has 0 spiro atoms. The second-order valence-electron chi connectivity index (χ2n) is 5.22. The lowest BCUT2D eigenvalue weighted by Crippen LogP contribution is -2.28. The van der Waals surface area contributed by atoms with Crippen LogP contribution in [0.3, 0.4) is 0 Å². The van der Waals surface area contributed by atoms with E-state index in [-0.39, 0.29) is 12.5 Å². The van der Waals surface area contributed by atoms with Crippen LogP contribution in [0.2, 0.25) is 0 Å². The van der Waals surface area contributed by atoms with Crippen molar-refractivity contribution in [1.29, 1.82) is 0 Å². The number of benzene rings is 1. The lowest BCUT2D eigenvalue weighted by atomic mass is 10.3. The summed E-state index contributed by atoms with van der Waals surface area (Å²) in [6.07, 6.45) is 1.61. The zero-order valence-corrected chi connectivity index (χ0v) is 14.8. The van der Waals surface area contributed by atoms with Crippen molar-refractivity contribution >= 4 is 17.2 Å². The maximum atomic E-state index is 12.0. The van der Waals surface area contributed by atoms with Crippen molar-refractivity contribution < 1.29 is 18.7 Å². The Morgan fingerprint density at radius 1 is 1.24 bits per heavy atom. The number of para-hydroxylation sites is 2. The summed E-state index contributed by atoms with van der Waals surface area (Å²) >= 11 is 1.50. The number of hydrogen-bond acceptors (Lipinski definition) is 6. The minimum absolute atomic E-state index is 0.0801. The number of nitrogens with one attached hydrogen (secondary N) is 1. The summed E-state index contributed by atoms with van der Waals surface area (Å²) < 4.78 is 16.0. The molecule has 3 aromatic rings. The summed E-state index contributed by atoms with van der Waals surface area (Å²) in [6.45, 7) is 2.23. The molecule has 25 heavy (non-hydrogen) atoms. The number of carbonyl (C=O) groups is 1. The van der Waals surface area contributed by atoms with Crippen LogP contribution in [0.4, 0.5) is 0 Å². The number of methoxy groups -OCH3 is 1. The Morgan fingerprint density at radius 2 is 2.04 bits per heavy atom. The van der Waals surface area contributed by atoms with E-state index in [1.807, 2.05) is 31.2 Å². The van der Waals surface area contributed by atoms with Crippen LogP contribution in [-0.4, -0.2) is 24.6 Å². The molecule has 0 bridgehead atoms. The second-order valence-corrected chi connectivity index (χ2v) is 6.30. The van der Waals surface area contributed by atoms with Crippen LogP contribution in [0.5, 0.6) is 11.5 Å². The average molecular weight is 358 g/mol. The zero-order chi connectivity index (χ0) is 17.6. The first-order chi connectivity index (χ1) is 12.2. The Hall–Kier alpha value is -2.80.